The smallest absolute Gasteiger partial charge is 0.416 e. The number of cyclic esters (lactones) is 1. The van der Waals surface area contributed by atoms with Gasteiger partial charge >= 0.3 is 12.3 Å². The lowest BCUT2D eigenvalue weighted by molar-refractivity contribution is -0.137. The van der Waals surface area contributed by atoms with E-state index in [9.17, 15) is 18.0 Å². The van der Waals surface area contributed by atoms with Crippen molar-refractivity contribution in [3.63, 3.8) is 0 Å². The van der Waals surface area contributed by atoms with Crippen LogP contribution in [0.1, 0.15) is 60.6 Å². The van der Waals surface area contributed by atoms with Gasteiger partial charge in [-0.25, -0.2) is 9.78 Å². The van der Waals surface area contributed by atoms with Crippen LogP contribution in [0.4, 0.5) is 23.8 Å². The molecular formula is C32H36F3N3O3. The molecule has 3 aromatic rings. The Balaban J connectivity index is 1.50. The van der Waals surface area contributed by atoms with Crippen LogP contribution in [0.15, 0.2) is 54.7 Å². The van der Waals surface area contributed by atoms with E-state index in [1.165, 1.54) is 0 Å². The summed E-state index contributed by atoms with van der Waals surface area (Å²) < 4.78 is 51.9. The van der Waals surface area contributed by atoms with Gasteiger partial charge in [-0.2, -0.15) is 13.2 Å². The number of hydrogen-bond donors (Lipinski definition) is 0. The molecule has 1 amide bonds. The van der Waals surface area contributed by atoms with Crippen LogP contribution in [0, 0.1) is 13.8 Å². The fraction of sp³-hybridized carbons (Fsp3) is 0.438. The molecule has 2 aromatic carbocycles. The minimum Gasteiger partial charge on any atom is -0.439 e. The molecule has 0 saturated carbocycles. The monoisotopic (exact) mass is 567 g/mol. The number of carbonyl (C=O) groups excluding carboxylic acids is 1. The van der Waals surface area contributed by atoms with Gasteiger partial charge < -0.3 is 14.4 Å². The Morgan fingerprint density at radius 2 is 1.78 bits per heavy atom. The molecule has 2 aliphatic rings. The molecule has 218 valence electrons. The van der Waals surface area contributed by atoms with Gasteiger partial charge in [-0.15, -0.1) is 0 Å². The number of halogens is 3. The first kappa shape index (κ1) is 28.9. The second kappa shape index (κ2) is 11.7. The predicted octanol–water partition coefficient (Wildman–Crippen LogP) is 7.47. The minimum absolute atomic E-state index is 0.218. The van der Waals surface area contributed by atoms with Crippen molar-refractivity contribution >= 4 is 11.9 Å². The van der Waals surface area contributed by atoms with Crippen LogP contribution >= 0.6 is 0 Å². The highest BCUT2D eigenvalue weighted by atomic mass is 19.4. The average Bonchev–Trinajstić information content (AvgIpc) is 3.22. The van der Waals surface area contributed by atoms with Gasteiger partial charge in [0.1, 0.15) is 11.9 Å². The van der Waals surface area contributed by atoms with E-state index in [1.807, 2.05) is 38.2 Å². The van der Waals surface area contributed by atoms with Gasteiger partial charge in [-0.3, -0.25) is 4.90 Å². The summed E-state index contributed by atoms with van der Waals surface area (Å²) in [7, 11) is 0. The third kappa shape index (κ3) is 6.20. The van der Waals surface area contributed by atoms with Crippen LogP contribution in [0.2, 0.25) is 0 Å². The second-order valence-electron chi connectivity index (χ2n) is 11.0. The highest BCUT2D eigenvalue weighted by Gasteiger charge is 2.41. The Morgan fingerprint density at radius 3 is 2.46 bits per heavy atom. The molecule has 0 unspecified atom stereocenters. The number of benzene rings is 2. The number of alkyl halides is 3. The fourth-order valence-corrected chi connectivity index (χ4v) is 5.92. The Kier molecular flexibility index (Phi) is 8.27. The fourth-order valence-electron chi connectivity index (χ4n) is 5.92. The molecule has 9 heteroatoms. The van der Waals surface area contributed by atoms with Crippen LogP contribution in [-0.4, -0.2) is 47.8 Å². The van der Waals surface area contributed by atoms with Gasteiger partial charge in [0.15, 0.2) is 0 Å². The van der Waals surface area contributed by atoms with E-state index < -0.39 is 30.0 Å². The standard InChI is InChI=1S/C32H36F3N3O3/c1-5-37(28-9-11-40-12-10-28)30-26(16-25(18-36-30)23-8-6-7-20(2)13-23)19-38-22(4)29(41-31(38)39)24-14-21(3)15-27(17-24)32(33,34)35/h6-8,13-18,22,28-29H,5,9-12,19H2,1-4H3/t22-,29-/m0/s1. The maximum Gasteiger partial charge on any atom is 0.416 e. The van der Waals surface area contributed by atoms with Crippen molar-refractivity contribution in [1.29, 1.82) is 0 Å². The van der Waals surface area contributed by atoms with Crippen molar-refractivity contribution in [2.45, 2.75) is 71.4 Å². The highest BCUT2D eigenvalue weighted by molar-refractivity contribution is 5.72. The molecule has 2 atom stereocenters. The molecule has 0 spiro atoms. The molecular weight excluding hydrogens is 531 g/mol. The zero-order valence-electron chi connectivity index (χ0n) is 23.9. The number of pyridine rings is 1. The first-order valence-corrected chi connectivity index (χ1v) is 14.1. The molecule has 0 radical (unpaired) electrons. The van der Waals surface area contributed by atoms with Gasteiger partial charge in [0.2, 0.25) is 0 Å². The number of aromatic nitrogens is 1. The zero-order valence-corrected chi connectivity index (χ0v) is 23.9. The van der Waals surface area contributed by atoms with Crippen molar-refractivity contribution in [1.82, 2.24) is 9.88 Å². The molecule has 0 aliphatic carbocycles. The first-order chi connectivity index (χ1) is 19.5. The van der Waals surface area contributed by atoms with Gasteiger partial charge in [0, 0.05) is 43.1 Å². The Bertz CT molecular complexity index is 1400. The van der Waals surface area contributed by atoms with Gasteiger partial charge in [-0.1, -0.05) is 41.5 Å². The number of amides is 1. The number of nitrogens with zero attached hydrogens (tertiary/aromatic N) is 3. The second-order valence-corrected chi connectivity index (χ2v) is 11.0. The Morgan fingerprint density at radius 1 is 1.02 bits per heavy atom. The van der Waals surface area contributed by atoms with Crippen LogP contribution < -0.4 is 4.90 Å². The Hall–Kier alpha value is -3.59. The molecule has 2 aliphatic heterocycles. The van der Waals surface area contributed by atoms with E-state index >= 15 is 0 Å². The van der Waals surface area contributed by atoms with Crippen molar-refractivity contribution in [2.75, 3.05) is 24.7 Å². The summed E-state index contributed by atoms with van der Waals surface area (Å²) in [5.74, 6) is 0.800. The number of aryl methyl sites for hydroxylation is 2. The quantitative estimate of drug-likeness (QED) is 0.296. The molecule has 41 heavy (non-hydrogen) atoms. The van der Waals surface area contributed by atoms with E-state index in [2.05, 4.69) is 24.0 Å². The summed E-state index contributed by atoms with van der Waals surface area (Å²) in [4.78, 5) is 22.0. The predicted molar refractivity (Wildman–Crippen MR) is 152 cm³/mol. The summed E-state index contributed by atoms with van der Waals surface area (Å²) >= 11 is 0. The van der Waals surface area contributed by atoms with E-state index in [1.54, 1.807) is 17.9 Å². The molecule has 2 fully saturated rings. The summed E-state index contributed by atoms with van der Waals surface area (Å²) in [5.41, 5.74) is 3.99. The van der Waals surface area contributed by atoms with E-state index in [0.717, 1.165) is 59.6 Å². The van der Waals surface area contributed by atoms with Crippen LogP contribution in [0.3, 0.4) is 0 Å². The summed E-state index contributed by atoms with van der Waals surface area (Å²) in [6, 6.07) is 13.8. The van der Waals surface area contributed by atoms with Crippen molar-refractivity contribution < 1.29 is 27.4 Å². The van der Waals surface area contributed by atoms with Crippen LogP contribution in [0.25, 0.3) is 11.1 Å². The molecule has 0 bridgehead atoms. The number of carbonyl (C=O) groups is 1. The number of ether oxygens (including phenoxy) is 2. The molecule has 6 nitrogen and oxygen atoms in total. The molecule has 0 N–H and O–H groups in total. The van der Waals surface area contributed by atoms with Gasteiger partial charge in [0.25, 0.3) is 0 Å². The van der Waals surface area contributed by atoms with E-state index in [-0.39, 0.29) is 12.6 Å². The number of rotatable bonds is 7. The summed E-state index contributed by atoms with van der Waals surface area (Å²) in [6.45, 7) is 9.89. The molecule has 1 aromatic heterocycles. The van der Waals surface area contributed by atoms with Crippen molar-refractivity contribution in [2.24, 2.45) is 0 Å². The zero-order chi connectivity index (χ0) is 29.3. The van der Waals surface area contributed by atoms with Gasteiger partial charge in [0.05, 0.1) is 18.2 Å². The lowest BCUT2D eigenvalue weighted by Gasteiger charge is -2.36. The largest absolute Gasteiger partial charge is 0.439 e. The van der Waals surface area contributed by atoms with Crippen LogP contribution in [0.5, 0.6) is 0 Å². The highest BCUT2D eigenvalue weighted by Crippen LogP contribution is 2.39. The molecule has 2 saturated heterocycles. The average molecular weight is 568 g/mol. The van der Waals surface area contributed by atoms with E-state index in [4.69, 9.17) is 14.5 Å². The lowest BCUT2D eigenvalue weighted by atomic mass is 9.97. The summed E-state index contributed by atoms with van der Waals surface area (Å²) in [6.07, 6.45) is -2.23. The third-order valence-corrected chi connectivity index (χ3v) is 8.03. The van der Waals surface area contributed by atoms with Gasteiger partial charge in [-0.05, 0) is 69.9 Å². The minimum atomic E-state index is -4.49. The van der Waals surface area contributed by atoms with Crippen molar-refractivity contribution in [3.05, 3.63) is 82.5 Å². The van der Waals surface area contributed by atoms with E-state index in [0.29, 0.717) is 24.3 Å². The van der Waals surface area contributed by atoms with Crippen LogP contribution in [-0.2, 0) is 22.2 Å². The SMILES string of the molecule is CCN(c1ncc(-c2cccc(C)c2)cc1CN1C(=O)O[C@H](c2cc(C)cc(C(F)(F)F)c2)[C@@H]1C)C1CCOCC1. The maximum absolute atomic E-state index is 13.5. The molecule has 5 rings (SSSR count). The topological polar surface area (TPSA) is 54.9 Å². The summed E-state index contributed by atoms with van der Waals surface area (Å²) in [5, 5.41) is 0. The Labute approximate surface area is 239 Å². The van der Waals surface area contributed by atoms with Crippen molar-refractivity contribution in [3.8, 4) is 11.1 Å². The lowest BCUT2D eigenvalue weighted by Crippen LogP contribution is -2.41. The number of anilines is 1. The normalized spacial score (nSPS) is 19.9. The maximum atomic E-state index is 13.5. The number of hydrogen-bond acceptors (Lipinski definition) is 5. The first-order valence-electron chi connectivity index (χ1n) is 14.1. The molecule has 3 heterocycles. The third-order valence-electron chi connectivity index (χ3n) is 8.03.